The zero-order chi connectivity index (χ0) is 15.2. The number of rotatable bonds is 5. The summed E-state index contributed by atoms with van der Waals surface area (Å²) in [6.45, 7) is 4.96. The number of hydrogen-bond donors (Lipinski definition) is 0. The van der Waals surface area contributed by atoms with Crippen molar-refractivity contribution in [1.82, 2.24) is 4.57 Å². The van der Waals surface area contributed by atoms with Crippen molar-refractivity contribution in [2.75, 3.05) is 6.61 Å². The minimum Gasteiger partial charge on any atom is -0.494 e. The van der Waals surface area contributed by atoms with Crippen molar-refractivity contribution in [3.8, 4) is 11.8 Å². The lowest BCUT2D eigenvalue weighted by molar-refractivity contribution is 0.300. The molecule has 0 fully saturated rings. The molecule has 2 rings (SSSR count). The monoisotopic (exact) mass is 282 g/mol. The Morgan fingerprint density at radius 3 is 2.76 bits per heavy atom. The Bertz CT molecular complexity index is 726. The summed E-state index contributed by atoms with van der Waals surface area (Å²) in [6, 6.07) is 13.1. The maximum atomic E-state index is 12.0. The van der Waals surface area contributed by atoms with Gasteiger partial charge in [-0.3, -0.25) is 4.79 Å². The molecule has 1 aromatic heterocycles. The Labute approximate surface area is 124 Å². The molecule has 108 valence electrons. The average molecular weight is 282 g/mol. The summed E-state index contributed by atoms with van der Waals surface area (Å²) in [5, 5.41) is 8.89. The Morgan fingerprint density at radius 1 is 1.24 bits per heavy atom. The summed E-state index contributed by atoms with van der Waals surface area (Å²) in [5.41, 5.74) is 1.96. The molecule has 0 N–H and O–H groups in total. The van der Waals surface area contributed by atoms with E-state index < -0.39 is 0 Å². The maximum absolute atomic E-state index is 12.0. The highest BCUT2D eigenvalue weighted by atomic mass is 16.5. The van der Waals surface area contributed by atoms with Crippen LogP contribution in [0.2, 0.25) is 0 Å². The van der Waals surface area contributed by atoms with Gasteiger partial charge < -0.3 is 9.30 Å². The van der Waals surface area contributed by atoms with Crippen LogP contribution in [-0.2, 0) is 6.54 Å². The predicted molar refractivity (Wildman–Crippen MR) is 81.4 cm³/mol. The van der Waals surface area contributed by atoms with Gasteiger partial charge in [0.1, 0.15) is 17.4 Å². The summed E-state index contributed by atoms with van der Waals surface area (Å²) < 4.78 is 7.29. The van der Waals surface area contributed by atoms with Crippen molar-refractivity contribution in [3.05, 3.63) is 63.6 Å². The molecule has 0 aliphatic rings. The number of aryl methyl sites for hydroxylation is 2. The molecule has 1 aromatic carbocycles. The van der Waals surface area contributed by atoms with Gasteiger partial charge in [0.15, 0.2) is 0 Å². The molecule has 0 radical (unpaired) electrons. The van der Waals surface area contributed by atoms with Gasteiger partial charge >= 0.3 is 0 Å². The fraction of sp³-hybridized carbons (Fsp3) is 0.294. The number of pyridine rings is 1. The van der Waals surface area contributed by atoms with Crippen molar-refractivity contribution < 1.29 is 4.74 Å². The molecule has 0 aliphatic heterocycles. The highest BCUT2D eigenvalue weighted by Crippen LogP contribution is 2.12. The SMILES string of the molecule is Cc1cccc(OCCCn2c(C)ccc(C#N)c2=O)c1. The van der Waals surface area contributed by atoms with Crippen LogP contribution in [-0.4, -0.2) is 11.2 Å². The first-order valence-electron chi connectivity index (χ1n) is 6.92. The van der Waals surface area contributed by atoms with Crippen LogP contribution in [0.1, 0.15) is 23.2 Å². The van der Waals surface area contributed by atoms with E-state index in [0.717, 1.165) is 17.0 Å². The quantitative estimate of drug-likeness (QED) is 0.792. The van der Waals surface area contributed by atoms with Gasteiger partial charge in [-0.1, -0.05) is 12.1 Å². The molecule has 4 heteroatoms. The molecule has 0 saturated carbocycles. The van der Waals surface area contributed by atoms with Crippen molar-refractivity contribution in [2.24, 2.45) is 0 Å². The largest absolute Gasteiger partial charge is 0.494 e. The lowest BCUT2D eigenvalue weighted by Crippen LogP contribution is -2.25. The number of nitriles is 1. The minimum absolute atomic E-state index is 0.181. The van der Waals surface area contributed by atoms with Crippen molar-refractivity contribution >= 4 is 0 Å². The second-order valence-electron chi connectivity index (χ2n) is 4.98. The molecule has 0 aliphatic carbocycles. The van der Waals surface area contributed by atoms with Crippen molar-refractivity contribution in [3.63, 3.8) is 0 Å². The normalized spacial score (nSPS) is 10.1. The molecular formula is C17H18N2O2. The van der Waals surface area contributed by atoms with Crippen LogP contribution in [0.4, 0.5) is 0 Å². The Balaban J connectivity index is 1.95. The van der Waals surface area contributed by atoms with Gasteiger partial charge in [0.25, 0.3) is 5.56 Å². The molecule has 0 unspecified atom stereocenters. The first-order valence-corrected chi connectivity index (χ1v) is 6.92. The summed E-state index contributed by atoms with van der Waals surface area (Å²) >= 11 is 0. The van der Waals surface area contributed by atoms with Gasteiger partial charge in [0.2, 0.25) is 0 Å². The van der Waals surface area contributed by atoms with Gasteiger partial charge in [0.05, 0.1) is 6.61 Å². The first-order chi connectivity index (χ1) is 10.1. The van der Waals surface area contributed by atoms with Gasteiger partial charge in [0, 0.05) is 12.2 Å². The van der Waals surface area contributed by atoms with Gasteiger partial charge in [-0.05, 0) is 50.1 Å². The van der Waals surface area contributed by atoms with E-state index in [2.05, 4.69) is 0 Å². The van der Waals surface area contributed by atoms with E-state index in [1.54, 1.807) is 16.7 Å². The third kappa shape index (κ3) is 3.73. The summed E-state index contributed by atoms with van der Waals surface area (Å²) in [7, 11) is 0. The molecular weight excluding hydrogens is 264 g/mol. The molecule has 2 aromatic rings. The lowest BCUT2D eigenvalue weighted by Gasteiger charge is -2.11. The third-order valence-electron chi connectivity index (χ3n) is 3.30. The standard InChI is InChI=1S/C17H18N2O2/c1-13-5-3-6-16(11-13)21-10-4-9-19-14(2)7-8-15(12-18)17(19)20/h3,5-8,11H,4,9-10H2,1-2H3. The van der Waals surface area contributed by atoms with E-state index in [1.165, 1.54) is 0 Å². The molecule has 4 nitrogen and oxygen atoms in total. The second-order valence-corrected chi connectivity index (χ2v) is 4.98. The number of hydrogen-bond acceptors (Lipinski definition) is 3. The van der Waals surface area contributed by atoms with E-state index in [-0.39, 0.29) is 11.1 Å². The van der Waals surface area contributed by atoms with Crippen LogP contribution in [0.15, 0.2) is 41.2 Å². The lowest BCUT2D eigenvalue weighted by atomic mass is 10.2. The highest BCUT2D eigenvalue weighted by Gasteiger charge is 2.05. The molecule has 0 bridgehead atoms. The highest BCUT2D eigenvalue weighted by molar-refractivity contribution is 5.28. The van der Waals surface area contributed by atoms with Gasteiger partial charge in [-0.25, -0.2) is 0 Å². The maximum Gasteiger partial charge on any atom is 0.268 e. The zero-order valence-electron chi connectivity index (χ0n) is 12.3. The minimum atomic E-state index is -0.229. The van der Waals surface area contributed by atoms with E-state index in [9.17, 15) is 4.79 Å². The van der Waals surface area contributed by atoms with Crippen LogP contribution in [0.25, 0.3) is 0 Å². The smallest absolute Gasteiger partial charge is 0.268 e. The summed E-state index contributed by atoms with van der Waals surface area (Å²) in [6.07, 6.45) is 0.712. The van der Waals surface area contributed by atoms with E-state index in [4.69, 9.17) is 10.00 Å². The average Bonchev–Trinajstić information content (AvgIpc) is 2.46. The fourth-order valence-corrected chi connectivity index (χ4v) is 2.15. The number of ether oxygens (including phenoxy) is 1. The molecule has 0 amide bonds. The predicted octanol–water partition coefficient (Wildman–Crippen LogP) is 2.81. The van der Waals surface area contributed by atoms with Crippen molar-refractivity contribution in [2.45, 2.75) is 26.8 Å². The van der Waals surface area contributed by atoms with Gasteiger partial charge in [-0.15, -0.1) is 0 Å². The topological polar surface area (TPSA) is 55.0 Å². The van der Waals surface area contributed by atoms with Crippen LogP contribution < -0.4 is 10.3 Å². The van der Waals surface area contributed by atoms with Gasteiger partial charge in [-0.2, -0.15) is 5.26 Å². The van der Waals surface area contributed by atoms with Crippen molar-refractivity contribution in [1.29, 1.82) is 5.26 Å². The molecule has 1 heterocycles. The third-order valence-corrected chi connectivity index (χ3v) is 3.30. The zero-order valence-corrected chi connectivity index (χ0v) is 12.3. The number of aromatic nitrogens is 1. The van der Waals surface area contributed by atoms with E-state index in [1.807, 2.05) is 44.2 Å². The Kier molecular flexibility index (Phi) is 4.78. The second kappa shape index (κ2) is 6.76. The molecule has 0 spiro atoms. The Hall–Kier alpha value is -2.54. The van der Waals surface area contributed by atoms with E-state index >= 15 is 0 Å². The van der Waals surface area contributed by atoms with Crippen LogP contribution in [0, 0.1) is 25.2 Å². The molecule has 0 saturated heterocycles. The number of benzene rings is 1. The van der Waals surface area contributed by atoms with Crippen LogP contribution in [0.5, 0.6) is 5.75 Å². The molecule has 21 heavy (non-hydrogen) atoms. The Morgan fingerprint density at radius 2 is 2.05 bits per heavy atom. The fourth-order valence-electron chi connectivity index (χ4n) is 2.15. The summed E-state index contributed by atoms with van der Waals surface area (Å²) in [4.78, 5) is 12.0. The first kappa shape index (κ1) is 14.9. The molecule has 0 atom stereocenters. The van der Waals surface area contributed by atoms with Crippen LogP contribution in [0.3, 0.4) is 0 Å². The van der Waals surface area contributed by atoms with E-state index in [0.29, 0.717) is 19.6 Å². The summed E-state index contributed by atoms with van der Waals surface area (Å²) in [5.74, 6) is 0.838. The van der Waals surface area contributed by atoms with Crippen LogP contribution >= 0.6 is 0 Å². The number of nitrogens with zero attached hydrogens (tertiary/aromatic N) is 2.